The normalized spacial score (nSPS) is 16.5. The number of hydrogen-bond donors (Lipinski definition) is 1. The third-order valence-electron chi connectivity index (χ3n) is 5.57. The van der Waals surface area contributed by atoms with Crippen LogP contribution in [0.25, 0.3) is 11.1 Å². The number of nitrogens with one attached hydrogen (secondary N) is 1. The number of methoxy groups -OCH3 is 1. The van der Waals surface area contributed by atoms with Crippen LogP contribution in [0.5, 0.6) is 5.75 Å². The fraction of sp³-hybridized carbons (Fsp3) is 0.458. The second-order valence-electron chi connectivity index (χ2n) is 8.70. The van der Waals surface area contributed by atoms with Gasteiger partial charge in [0.15, 0.2) is 0 Å². The number of pyridine rings is 1. The van der Waals surface area contributed by atoms with Crippen LogP contribution in [0.15, 0.2) is 35.3 Å². The Kier molecular flexibility index (Phi) is 6.53. The van der Waals surface area contributed by atoms with Crippen LogP contribution in [-0.4, -0.2) is 41.5 Å². The van der Waals surface area contributed by atoms with Crippen molar-refractivity contribution < 1.29 is 19.1 Å². The molecule has 0 saturated carbocycles. The number of aromatic nitrogens is 1. The molecule has 7 heteroatoms. The maximum atomic E-state index is 12.6. The van der Waals surface area contributed by atoms with Gasteiger partial charge in [-0.15, -0.1) is 0 Å². The number of hydrogen-bond acceptors (Lipinski definition) is 5. The lowest BCUT2D eigenvalue weighted by atomic mass is 9.83. The number of carbonyl (C=O) groups excluding carboxylic acids is 2. The Bertz CT molecular complexity index is 1030. The van der Waals surface area contributed by atoms with Crippen LogP contribution < -0.4 is 10.3 Å². The van der Waals surface area contributed by atoms with E-state index in [4.69, 9.17) is 9.47 Å². The molecule has 1 aliphatic rings. The molecule has 0 aliphatic carbocycles. The third kappa shape index (κ3) is 4.65. The highest BCUT2D eigenvalue weighted by Crippen LogP contribution is 2.38. The largest absolute Gasteiger partial charge is 0.496 e. The summed E-state index contributed by atoms with van der Waals surface area (Å²) in [7, 11) is 1.60. The Morgan fingerprint density at radius 1 is 1.23 bits per heavy atom. The van der Waals surface area contributed by atoms with E-state index in [2.05, 4.69) is 25.8 Å². The highest BCUT2D eigenvalue weighted by molar-refractivity contribution is 5.88. The molecule has 31 heavy (non-hydrogen) atoms. The molecule has 0 radical (unpaired) electrons. The van der Waals surface area contributed by atoms with Crippen molar-refractivity contribution in [3.63, 3.8) is 0 Å². The summed E-state index contributed by atoms with van der Waals surface area (Å²) in [5.74, 6) is 0.175. The van der Waals surface area contributed by atoms with E-state index in [1.165, 1.54) is 0 Å². The zero-order valence-electron chi connectivity index (χ0n) is 18.8. The summed E-state index contributed by atoms with van der Waals surface area (Å²) in [6, 6.07) is 6.73. The fourth-order valence-electron chi connectivity index (χ4n) is 3.99. The Labute approximate surface area is 182 Å². The Balaban J connectivity index is 2.14. The van der Waals surface area contributed by atoms with Crippen LogP contribution in [0, 0.1) is 0 Å². The highest BCUT2D eigenvalue weighted by atomic mass is 16.5. The van der Waals surface area contributed by atoms with Crippen LogP contribution in [0.4, 0.5) is 0 Å². The maximum absolute atomic E-state index is 12.6. The number of esters is 1. The minimum atomic E-state index is -0.623. The quantitative estimate of drug-likeness (QED) is 0.715. The van der Waals surface area contributed by atoms with Crippen molar-refractivity contribution in [3.05, 3.63) is 51.9 Å². The zero-order chi connectivity index (χ0) is 22.8. The first kappa shape index (κ1) is 22.6. The van der Waals surface area contributed by atoms with Crippen LogP contribution in [0.2, 0.25) is 0 Å². The molecule has 2 heterocycles. The summed E-state index contributed by atoms with van der Waals surface area (Å²) in [4.78, 5) is 41.9. The van der Waals surface area contributed by atoms with Gasteiger partial charge in [0, 0.05) is 30.3 Å². The van der Waals surface area contributed by atoms with Gasteiger partial charge < -0.3 is 19.4 Å². The second-order valence-corrected chi connectivity index (χ2v) is 8.70. The molecule has 3 rings (SSSR count). The van der Waals surface area contributed by atoms with Gasteiger partial charge in [-0.25, -0.2) is 4.79 Å². The van der Waals surface area contributed by atoms with E-state index >= 15 is 0 Å². The number of amides is 1. The predicted octanol–water partition coefficient (Wildman–Crippen LogP) is 3.40. The van der Waals surface area contributed by atoms with Gasteiger partial charge in [-0.05, 0) is 54.2 Å². The standard InChI is InChI=1S/C24H30N2O5/c1-6-31-23(29)19-9-10-21(27)26(19)14-15-12-20(30-5)18(24(2,3)4)13-17(15)16-8-7-11-25-22(16)28/h7-8,11-13,19H,6,9-10,14H2,1-5H3,(H,25,28)/t19-/m1/s1. The summed E-state index contributed by atoms with van der Waals surface area (Å²) in [5, 5.41) is 0. The van der Waals surface area contributed by atoms with Crippen molar-refractivity contribution in [2.24, 2.45) is 0 Å². The van der Waals surface area contributed by atoms with Gasteiger partial charge in [0.05, 0.1) is 13.7 Å². The van der Waals surface area contributed by atoms with Gasteiger partial charge in [-0.1, -0.05) is 20.8 Å². The molecule has 0 bridgehead atoms. The van der Waals surface area contributed by atoms with Crippen molar-refractivity contribution in [2.45, 2.75) is 58.5 Å². The minimum Gasteiger partial charge on any atom is -0.496 e. The molecular formula is C24H30N2O5. The number of benzene rings is 1. The summed E-state index contributed by atoms with van der Waals surface area (Å²) >= 11 is 0. The molecule has 0 unspecified atom stereocenters. The van der Waals surface area contributed by atoms with E-state index in [-0.39, 0.29) is 30.0 Å². The number of H-pyrrole nitrogens is 1. The Morgan fingerprint density at radius 3 is 2.58 bits per heavy atom. The first-order chi connectivity index (χ1) is 14.7. The average molecular weight is 427 g/mol. The van der Waals surface area contributed by atoms with Crippen molar-refractivity contribution >= 4 is 11.9 Å². The summed E-state index contributed by atoms with van der Waals surface area (Å²) in [6.07, 6.45) is 2.30. The summed E-state index contributed by atoms with van der Waals surface area (Å²) in [5.41, 5.74) is 2.47. The molecule has 1 amide bonds. The third-order valence-corrected chi connectivity index (χ3v) is 5.57. The number of carbonyl (C=O) groups is 2. The van der Waals surface area contributed by atoms with E-state index in [1.54, 1.807) is 37.3 Å². The van der Waals surface area contributed by atoms with E-state index in [9.17, 15) is 14.4 Å². The molecule has 0 spiro atoms. The molecule has 7 nitrogen and oxygen atoms in total. The predicted molar refractivity (Wildman–Crippen MR) is 118 cm³/mol. The zero-order valence-corrected chi connectivity index (χ0v) is 18.8. The van der Waals surface area contributed by atoms with Crippen molar-refractivity contribution in [3.8, 4) is 16.9 Å². The molecule has 2 aromatic rings. The molecule has 1 fully saturated rings. The summed E-state index contributed by atoms with van der Waals surface area (Å²) < 4.78 is 10.8. The lowest BCUT2D eigenvalue weighted by Gasteiger charge is -2.27. The average Bonchev–Trinajstić information content (AvgIpc) is 3.08. The highest BCUT2D eigenvalue weighted by Gasteiger charge is 2.37. The van der Waals surface area contributed by atoms with Gasteiger partial charge in [0.25, 0.3) is 5.56 Å². The second kappa shape index (κ2) is 8.96. The molecular weight excluding hydrogens is 396 g/mol. The van der Waals surface area contributed by atoms with Gasteiger partial charge in [-0.2, -0.15) is 0 Å². The number of rotatable bonds is 6. The number of nitrogens with zero attached hydrogens (tertiary/aromatic N) is 1. The van der Waals surface area contributed by atoms with E-state index in [0.717, 1.165) is 16.7 Å². The van der Waals surface area contributed by atoms with E-state index in [0.29, 0.717) is 24.2 Å². The number of aromatic amines is 1. The smallest absolute Gasteiger partial charge is 0.328 e. The van der Waals surface area contributed by atoms with Crippen LogP contribution in [-0.2, 0) is 26.3 Å². The Hall–Kier alpha value is -3.09. The number of ether oxygens (including phenoxy) is 2. The monoisotopic (exact) mass is 426 g/mol. The van der Waals surface area contributed by atoms with Crippen LogP contribution in [0.1, 0.15) is 51.7 Å². The lowest BCUT2D eigenvalue weighted by molar-refractivity contribution is -0.151. The van der Waals surface area contributed by atoms with E-state index < -0.39 is 12.0 Å². The number of likely N-dealkylation sites (tertiary alicyclic amines) is 1. The molecule has 166 valence electrons. The van der Waals surface area contributed by atoms with Gasteiger partial charge in [0.2, 0.25) is 5.91 Å². The van der Waals surface area contributed by atoms with Crippen molar-refractivity contribution in [1.82, 2.24) is 9.88 Å². The first-order valence-electron chi connectivity index (χ1n) is 10.5. The SMILES string of the molecule is CCOC(=O)[C@H]1CCC(=O)N1Cc1cc(OC)c(C(C)(C)C)cc1-c1ccc[nH]c1=O. The topological polar surface area (TPSA) is 88.7 Å². The van der Waals surface area contributed by atoms with Crippen LogP contribution >= 0.6 is 0 Å². The molecule has 1 atom stereocenters. The van der Waals surface area contributed by atoms with Gasteiger partial charge in [-0.3, -0.25) is 9.59 Å². The minimum absolute atomic E-state index is 0.107. The van der Waals surface area contributed by atoms with Crippen molar-refractivity contribution in [2.75, 3.05) is 13.7 Å². The van der Waals surface area contributed by atoms with Crippen molar-refractivity contribution in [1.29, 1.82) is 0 Å². The lowest BCUT2D eigenvalue weighted by Crippen LogP contribution is -2.39. The molecule has 1 aromatic carbocycles. The first-order valence-corrected chi connectivity index (χ1v) is 10.5. The molecule has 1 saturated heterocycles. The van der Waals surface area contributed by atoms with Crippen LogP contribution in [0.3, 0.4) is 0 Å². The Morgan fingerprint density at radius 2 is 1.97 bits per heavy atom. The fourth-order valence-corrected chi connectivity index (χ4v) is 3.99. The van der Waals surface area contributed by atoms with Gasteiger partial charge in [0.1, 0.15) is 11.8 Å². The molecule has 1 aliphatic heterocycles. The molecule has 1 aromatic heterocycles. The van der Waals surface area contributed by atoms with Gasteiger partial charge >= 0.3 is 5.97 Å². The maximum Gasteiger partial charge on any atom is 0.328 e. The molecule has 1 N–H and O–H groups in total. The van der Waals surface area contributed by atoms with E-state index in [1.807, 2.05) is 12.1 Å². The summed E-state index contributed by atoms with van der Waals surface area (Å²) in [6.45, 7) is 8.41.